The van der Waals surface area contributed by atoms with E-state index in [2.05, 4.69) is 6.07 Å². The van der Waals surface area contributed by atoms with E-state index in [1.807, 2.05) is 48.5 Å². The van der Waals surface area contributed by atoms with Crippen molar-refractivity contribution in [1.82, 2.24) is 0 Å². The largest absolute Gasteiger partial charge is 0.265 e. The number of para-hydroxylation sites is 1. The van der Waals surface area contributed by atoms with Gasteiger partial charge < -0.3 is 0 Å². The lowest BCUT2D eigenvalue weighted by atomic mass is 9.98. The highest BCUT2D eigenvalue weighted by Crippen LogP contribution is 2.38. The summed E-state index contributed by atoms with van der Waals surface area (Å²) in [6.45, 7) is 0.547. The molecule has 4 rings (SSSR count). The summed E-state index contributed by atoms with van der Waals surface area (Å²) >= 11 is 1.74. The molecular weight excluding hydrogens is 338 g/mol. The van der Waals surface area contributed by atoms with Crippen LogP contribution in [0.2, 0.25) is 0 Å². The summed E-state index contributed by atoms with van der Waals surface area (Å²) in [5.74, 6) is 0.949. The average molecular weight is 358 g/mol. The molecular formula is C19H19NO2S2. The number of sulfonamides is 1. The minimum atomic E-state index is -3.48. The number of hydrogen-bond donors (Lipinski definition) is 0. The Balaban J connectivity index is 1.78. The van der Waals surface area contributed by atoms with Crippen LogP contribution < -0.4 is 4.31 Å². The smallest absolute Gasteiger partial charge is 0.260 e. The maximum Gasteiger partial charge on any atom is 0.260 e. The van der Waals surface area contributed by atoms with E-state index in [1.165, 1.54) is 5.56 Å². The highest BCUT2D eigenvalue weighted by atomic mass is 32.2. The van der Waals surface area contributed by atoms with Crippen LogP contribution in [0.25, 0.3) is 6.08 Å². The lowest BCUT2D eigenvalue weighted by molar-refractivity contribution is 0.594. The van der Waals surface area contributed by atoms with Crippen molar-refractivity contribution < 1.29 is 8.42 Å². The Hall–Kier alpha value is -1.72. The van der Waals surface area contributed by atoms with E-state index in [4.69, 9.17) is 0 Å². The summed E-state index contributed by atoms with van der Waals surface area (Å²) in [4.78, 5) is 1.58. The third-order valence-electron chi connectivity index (χ3n) is 4.53. The number of benzene rings is 2. The highest BCUT2D eigenvalue weighted by molar-refractivity contribution is 8.00. The first kappa shape index (κ1) is 15.8. The van der Waals surface area contributed by atoms with Crippen LogP contribution in [0.5, 0.6) is 0 Å². The molecule has 3 nitrogen and oxygen atoms in total. The second kappa shape index (κ2) is 6.30. The molecule has 0 saturated heterocycles. The fourth-order valence-electron chi connectivity index (χ4n) is 3.30. The molecule has 24 heavy (non-hydrogen) atoms. The van der Waals surface area contributed by atoms with Crippen molar-refractivity contribution >= 4 is 33.5 Å². The van der Waals surface area contributed by atoms with Crippen LogP contribution in [-0.2, 0) is 16.4 Å². The molecule has 0 spiro atoms. The van der Waals surface area contributed by atoms with E-state index in [0.717, 1.165) is 34.7 Å². The summed E-state index contributed by atoms with van der Waals surface area (Å²) < 4.78 is 28.2. The predicted molar refractivity (Wildman–Crippen MR) is 101 cm³/mol. The van der Waals surface area contributed by atoms with Crippen LogP contribution in [0, 0.1) is 0 Å². The van der Waals surface area contributed by atoms with Crippen LogP contribution in [0.1, 0.15) is 24.0 Å². The van der Waals surface area contributed by atoms with Gasteiger partial charge in [-0.3, -0.25) is 4.31 Å². The normalized spacial score (nSPS) is 17.5. The van der Waals surface area contributed by atoms with Gasteiger partial charge in [-0.1, -0.05) is 36.4 Å². The molecule has 2 aliphatic rings. The molecule has 0 saturated carbocycles. The molecule has 0 aromatic heterocycles. The summed E-state index contributed by atoms with van der Waals surface area (Å²) in [6, 6.07) is 15.9. The average Bonchev–Trinajstić information content (AvgIpc) is 2.84. The quantitative estimate of drug-likeness (QED) is 0.804. The first-order valence-electron chi connectivity index (χ1n) is 8.19. The Bertz CT molecular complexity index is 903. The van der Waals surface area contributed by atoms with E-state index in [1.54, 1.807) is 16.1 Å². The highest BCUT2D eigenvalue weighted by Gasteiger charge is 2.31. The van der Waals surface area contributed by atoms with Gasteiger partial charge in [0.05, 0.1) is 10.6 Å². The van der Waals surface area contributed by atoms with Crippen LogP contribution in [0.3, 0.4) is 0 Å². The maximum atomic E-state index is 13.3. The third kappa shape index (κ3) is 2.76. The fourth-order valence-corrected chi connectivity index (χ4v) is 6.06. The number of anilines is 1. The summed E-state index contributed by atoms with van der Waals surface area (Å²) in [5.41, 5.74) is 3.07. The molecule has 0 fully saturated rings. The van der Waals surface area contributed by atoms with Crippen molar-refractivity contribution in [1.29, 1.82) is 0 Å². The topological polar surface area (TPSA) is 37.4 Å². The second-order valence-corrected chi connectivity index (χ2v) is 9.11. The van der Waals surface area contributed by atoms with Gasteiger partial charge in [0, 0.05) is 11.4 Å². The van der Waals surface area contributed by atoms with Gasteiger partial charge in [0.15, 0.2) is 0 Å². The zero-order chi connectivity index (χ0) is 16.6. The van der Waals surface area contributed by atoms with Crippen LogP contribution in [-0.4, -0.2) is 20.7 Å². The molecule has 1 aliphatic carbocycles. The molecule has 124 valence electrons. The Labute approximate surface area is 147 Å². The zero-order valence-electron chi connectivity index (χ0n) is 13.3. The number of rotatable bonds is 2. The molecule has 0 bridgehead atoms. The van der Waals surface area contributed by atoms with Crippen LogP contribution in [0.4, 0.5) is 5.69 Å². The fraction of sp³-hybridized carbons (Fsp3) is 0.263. The van der Waals surface area contributed by atoms with E-state index >= 15 is 0 Å². The SMILES string of the molecule is O=S(=O)(C1=Cc2ccccc2CC1)N1CCCSc2ccccc21. The molecule has 1 aliphatic heterocycles. The summed E-state index contributed by atoms with van der Waals surface area (Å²) in [6.07, 6.45) is 4.08. The summed E-state index contributed by atoms with van der Waals surface area (Å²) in [7, 11) is -3.48. The summed E-state index contributed by atoms with van der Waals surface area (Å²) in [5, 5.41) is 0. The van der Waals surface area contributed by atoms with Crippen molar-refractivity contribution in [2.24, 2.45) is 0 Å². The van der Waals surface area contributed by atoms with Gasteiger partial charge in [-0.2, -0.15) is 0 Å². The van der Waals surface area contributed by atoms with E-state index in [9.17, 15) is 8.42 Å². The minimum Gasteiger partial charge on any atom is -0.265 e. The number of hydrogen-bond acceptors (Lipinski definition) is 3. The minimum absolute atomic E-state index is 0.530. The van der Waals surface area contributed by atoms with Crippen molar-refractivity contribution in [2.45, 2.75) is 24.2 Å². The Morgan fingerprint density at radius 2 is 1.75 bits per heavy atom. The van der Waals surface area contributed by atoms with Gasteiger partial charge in [0.1, 0.15) is 0 Å². The Kier molecular flexibility index (Phi) is 4.14. The van der Waals surface area contributed by atoms with Crippen molar-refractivity contribution in [3.63, 3.8) is 0 Å². The van der Waals surface area contributed by atoms with Crippen molar-refractivity contribution in [3.05, 3.63) is 64.6 Å². The molecule has 0 radical (unpaired) electrons. The molecule has 5 heteroatoms. The number of aryl methyl sites for hydroxylation is 1. The first-order chi connectivity index (χ1) is 11.7. The monoisotopic (exact) mass is 357 g/mol. The maximum absolute atomic E-state index is 13.3. The van der Waals surface area contributed by atoms with Crippen LogP contribution >= 0.6 is 11.8 Å². The molecule has 0 amide bonds. The molecule has 1 heterocycles. The Morgan fingerprint density at radius 3 is 2.67 bits per heavy atom. The van der Waals surface area contributed by atoms with Gasteiger partial charge >= 0.3 is 0 Å². The molecule has 0 N–H and O–H groups in total. The molecule has 0 unspecified atom stereocenters. The van der Waals surface area contributed by atoms with E-state index in [0.29, 0.717) is 17.9 Å². The zero-order valence-corrected chi connectivity index (χ0v) is 14.9. The molecule has 2 aromatic carbocycles. The number of allylic oxidation sites excluding steroid dienone is 1. The standard InChI is InChI=1S/C19H19NO2S2/c21-24(22,17-11-10-15-6-1-2-7-16(15)14-17)20-12-5-13-23-19-9-4-3-8-18(19)20/h1-4,6-9,14H,5,10-13H2. The number of fused-ring (bicyclic) bond motifs is 2. The number of nitrogens with zero attached hydrogens (tertiary/aromatic N) is 1. The van der Waals surface area contributed by atoms with Gasteiger partial charge in [0.2, 0.25) is 0 Å². The van der Waals surface area contributed by atoms with Gasteiger partial charge in [0.25, 0.3) is 10.0 Å². The van der Waals surface area contributed by atoms with E-state index < -0.39 is 10.0 Å². The van der Waals surface area contributed by atoms with Gasteiger partial charge in [-0.05, 0) is 54.4 Å². The molecule has 0 atom stereocenters. The van der Waals surface area contributed by atoms with Gasteiger partial charge in [-0.25, -0.2) is 8.42 Å². The van der Waals surface area contributed by atoms with Gasteiger partial charge in [-0.15, -0.1) is 11.8 Å². The predicted octanol–water partition coefficient (Wildman–Crippen LogP) is 4.31. The van der Waals surface area contributed by atoms with E-state index in [-0.39, 0.29) is 0 Å². The Morgan fingerprint density at radius 1 is 0.958 bits per heavy atom. The second-order valence-electron chi connectivity index (χ2n) is 6.06. The third-order valence-corrected chi connectivity index (χ3v) is 7.62. The number of thioether (sulfide) groups is 1. The molecule has 2 aromatic rings. The van der Waals surface area contributed by atoms with Crippen molar-refractivity contribution in [3.8, 4) is 0 Å². The van der Waals surface area contributed by atoms with Crippen molar-refractivity contribution in [2.75, 3.05) is 16.6 Å². The van der Waals surface area contributed by atoms with Crippen LogP contribution in [0.15, 0.2) is 58.3 Å². The lowest BCUT2D eigenvalue weighted by Crippen LogP contribution is -2.33. The lowest BCUT2D eigenvalue weighted by Gasteiger charge is -2.27. The first-order valence-corrected chi connectivity index (χ1v) is 10.6.